The highest BCUT2D eigenvalue weighted by Gasteiger charge is 2.38. The Labute approximate surface area is 125 Å². The lowest BCUT2D eigenvalue weighted by Gasteiger charge is -2.11. The number of rotatable bonds is 1. The van der Waals surface area contributed by atoms with Gasteiger partial charge in [0, 0.05) is 5.56 Å². The molecule has 1 aromatic heterocycles. The second-order valence-corrected chi connectivity index (χ2v) is 4.74. The third-order valence-corrected chi connectivity index (χ3v) is 3.21. The van der Waals surface area contributed by atoms with Crippen molar-refractivity contribution in [2.75, 3.05) is 0 Å². The van der Waals surface area contributed by atoms with E-state index in [9.17, 15) is 26.7 Å². The number of hydrogen-bond donors (Lipinski definition) is 1. The second-order valence-electron chi connectivity index (χ2n) is 4.74. The molecule has 3 rings (SSSR count). The number of para-hydroxylation sites is 1. The zero-order valence-corrected chi connectivity index (χ0v) is 11.2. The molecule has 118 valence electrons. The smallest absolute Gasteiger partial charge is 0.306 e. The highest BCUT2D eigenvalue weighted by Crippen LogP contribution is 2.35. The summed E-state index contributed by atoms with van der Waals surface area (Å²) in [5, 5.41) is 0.254. The predicted octanol–water partition coefficient (Wildman–Crippen LogP) is 3.89. The maximum atomic E-state index is 13.6. The summed E-state index contributed by atoms with van der Waals surface area (Å²) < 4.78 is 64.9. The Balaban J connectivity index is 2.22. The van der Waals surface area contributed by atoms with Crippen LogP contribution in [0.4, 0.5) is 22.0 Å². The first-order chi connectivity index (χ1) is 10.8. The molecule has 0 spiro atoms. The number of nitrogens with zero attached hydrogens (tertiary/aromatic N) is 1. The van der Waals surface area contributed by atoms with Gasteiger partial charge in [-0.3, -0.25) is 4.79 Å². The molecule has 0 fully saturated rings. The van der Waals surface area contributed by atoms with Gasteiger partial charge in [-0.1, -0.05) is 12.1 Å². The molecule has 0 unspecified atom stereocenters. The Morgan fingerprint density at radius 2 is 1.61 bits per heavy atom. The van der Waals surface area contributed by atoms with Crippen LogP contribution in [-0.4, -0.2) is 9.97 Å². The number of fused-ring (bicyclic) bond motifs is 1. The highest BCUT2D eigenvalue weighted by molar-refractivity contribution is 5.79. The van der Waals surface area contributed by atoms with Crippen LogP contribution in [0.3, 0.4) is 0 Å². The molecule has 3 aromatic rings. The fourth-order valence-electron chi connectivity index (χ4n) is 2.20. The van der Waals surface area contributed by atoms with E-state index in [4.69, 9.17) is 0 Å². The molecule has 0 saturated heterocycles. The average molecular weight is 326 g/mol. The van der Waals surface area contributed by atoms with E-state index in [1.807, 2.05) is 0 Å². The van der Waals surface area contributed by atoms with Gasteiger partial charge in [-0.15, -0.1) is 0 Å². The highest BCUT2D eigenvalue weighted by atomic mass is 19.4. The number of benzene rings is 2. The van der Waals surface area contributed by atoms with Crippen molar-refractivity contribution in [2.24, 2.45) is 0 Å². The molecule has 0 bridgehead atoms. The number of nitrogens with one attached hydrogen (secondary N) is 1. The van der Waals surface area contributed by atoms with Gasteiger partial charge in [-0.05, 0) is 24.3 Å². The van der Waals surface area contributed by atoms with Crippen LogP contribution < -0.4 is 5.56 Å². The minimum Gasteiger partial charge on any atom is -0.306 e. The SMILES string of the molecule is O=c1[nH]c(-c2cc(F)c(C(F)(F)F)c(F)c2)nc2ccccc12. The normalized spacial score (nSPS) is 11.9. The van der Waals surface area contributed by atoms with E-state index in [2.05, 4.69) is 9.97 Å². The summed E-state index contributed by atoms with van der Waals surface area (Å²) in [6, 6.07) is 7.19. The molecule has 0 amide bonds. The lowest BCUT2D eigenvalue weighted by atomic mass is 10.1. The fourth-order valence-corrected chi connectivity index (χ4v) is 2.20. The molecule has 8 heteroatoms. The zero-order valence-electron chi connectivity index (χ0n) is 11.2. The van der Waals surface area contributed by atoms with E-state index < -0.39 is 28.9 Å². The van der Waals surface area contributed by atoms with Gasteiger partial charge in [0.05, 0.1) is 10.9 Å². The number of alkyl halides is 3. The van der Waals surface area contributed by atoms with Crippen LogP contribution in [0, 0.1) is 11.6 Å². The number of hydrogen-bond acceptors (Lipinski definition) is 2. The monoisotopic (exact) mass is 326 g/mol. The second kappa shape index (κ2) is 5.15. The molecule has 0 radical (unpaired) electrons. The van der Waals surface area contributed by atoms with Crippen molar-refractivity contribution in [3.8, 4) is 11.4 Å². The molecule has 1 heterocycles. The summed E-state index contributed by atoms with van der Waals surface area (Å²) in [7, 11) is 0. The van der Waals surface area contributed by atoms with Gasteiger partial charge in [0.25, 0.3) is 5.56 Å². The Morgan fingerprint density at radius 1 is 1.00 bits per heavy atom. The molecule has 0 saturated carbocycles. The number of aromatic nitrogens is 2. The van der Waals surface area contributed by atoms with Crippen LogP contribution in [-0.2, 0) is 6.18 Å². The Hall–Kier alpha value is -2.77. The van der Waals surface area contributed by atoms with Gasteiger partial charge in [0.1, 0.15) is 23.0 Å². The summed E-state index contributed by atoms with van der Waals surface area (Å²) in [6.45, 7) is 0. The first-order valence-electron chi connectivity index (χ1n) is 6.33. The molecule has 0 aliphatic rings. The Kier molecular flexibility index (Phi) is 3.39. The van der Waals surface area contributed by atoms with E-state index in [-0.39, 0.29) is 22.3 Å². The number of aromatic amines is 1. The number of H-pyrrole nitrogens is 1. The molecule has 1 N–H and O–H groups in total. The average Bonchev–Trinajstić information content (AvgIpc) is 2.45. The minimum absolute atomic E-state index is 0.222. The minimum atomic E-state index is -5.16. The van der Waals surface area contributed by atoms with Crippen molar-refractivity contribution >= 4 is 10.9 Å². The van der Waals surface area contributed by atoms with Gasteiger partial charge in [-0.2, -0.15) is 13.2 Å². The molecule has 2 aromatic carbocycles. The third kappa shape index (κ3) is 2.67. The van der Waals surface area contributed by atoms with E-state index in [0.29, 0.717) is 12.1 Å². The third-order valence-electron chi connectivity index (χ3n) is 3.21. The van der Waals surface area contributed by atoms with Crippen molar-refractivity contribution < 1.29 is 22.0 Å². The Bertz CT molecular complexity index is 939. The van der Waals surface area contributed by atoms with E-state index in [1.54, 1.807) is 12.1 Å². The molecule has 0 atom stereocenters. The lowest BCUT2D eigenvalue weighted by molar-refractivity contribution is -0.142. The van der Waals surface area contributed by atoms with Gasteiger partial charge >= 0.3 is 6.18 Å². The fraction of sp³-hybridized carbons (Fsp3) is 0.0667. The topological polar surface area (TPSA) is 45.8 Å². The summed E-state index contributed by atoms with van der Waals surface area (Å²) in [5.41, 5.74) is -2.58. The zero-order chi connectivity index (χ0) is 16.8. The quantitative estimate of drug-likeness (QED) is 0.690. The van der Waals surface area contributed by atoms with Crippen LogP contribution in [0.25, 0.3) is 22.3 Å². The summed E-state index contributed by atoms with van der Waals surface area (Å²) in [5.74, 6) is -3.77. The van der Waals surface area contributed by atoms with Crippen LogP contribution in [0.2, 0.25) is 0 Å². The summed E-state index contributed by atoms with van der Waals surface area (Å²) in [6.07, 6.45) is -5.16. The van der Waals surface area contributed by atoms with Crippen molar-refractivity contribution in [1.82, 2.24) is 9.97 Å². The molecule has 23 heavy (non-hydrogen) atoms. The van der Waals surface area contributed by atoms with Crippen molar-refractivity contribution in [2.45, 2.75) is 6.18 Å². The maximum absolute atomic E-state index is 13.6. The molecule has 3 nitrogen and oxygen atoms in total. The first kappa shape index (κ1) is 15.1. The molecular formula is C15H7F5N2O. The van der Waals surface area contributed by atoms with Crippen molar-refractivity contribution in [3.05, 3.63) is 63.9 Å². The number of halogens is 5. The van der Waals surface area contributed by atoms with E-state index >= 15 is 0 Å². The van der Waals surface area contributed by atoms with Crippen LogP contribution in [0.15, 0.2) is 41.2 Å². The van der Waals surface area contributed by atoms with Gasteiger partial charge in [-0.25, -0.2) is 13.8 Å². The maximum Gasteiger partial charge on any atom is 0.422 e. The predicted molar refractivity (Wildman–Crippen MR) is 72.7 cm³/mol. The standard InChI is InChI=1S/C15H7F5N2O/c16-9-5-7(6-10(17)12(9)15(18,19)20)13-21-11-4-2-1-3-8(11)14(23)22-13/h1-6H,(H,21,22,23). The lowest BCUT2D eigenvalue weighted by Crippen LogP contribution is -2.13. The van der Waals surface area contributed by atoms with E-state index in [1.165, 1.54) is 12.1 Å². The summed E-state index contributed by atoms with van der Waals surface area (Å²) in [4.78, 5) is 18.2. The molecular weight excluding hydrogens is 319 g/mol. The molecule has 0 aliphatic carbocycles. The van der Waals surface area contributed by atoms with Gasteiger partial charge < -0.3 is 4.98 Å². The van der Waals surface area contributed by atoms with E-state index in [0.717, 1.165) is 0 Å². The van der Waals surface area contributed by atoms with Crippen molar-refractivity contribution in [1.29, 1.82) is 0 Å². The molecule has 0 aliphatic heterocycles. The van der Waals surface area contributed by atoms with Crippen molar-refractivity contribution in [3.63, 3.8) is 0 Å². The van der Waals surface area contributed by atoms with Gasteiger partial charge in [0.2, 0.25) is 0 Å². The van der Waals surface area contributed by atoms with Crippen LogP contribution in [0.5, 0.6) is 0 Å². The first-order valence-corrected chi connectivity index (χ1v) is 6.33. The van der Waals surface area contributed by atoms with Gasteiger partial charge in [0.15, 0.2) is 0 Å². The Morgan fingerprint density at radius 3 is 2.22 bits per heavy atom. The van der Waals surface area contributed by atoms with Crippen LogP contribution in [0.1, 0.15) is 5.56 Å². The largest absolute Gasteiger partial charge is 0.422 e. The van der Waals surface area contributed by atoms with Crippen LogP contribution >= 0.6 is 0 Å². The summed E-state index contributed by atoms with van der Waals surface area (Å²) >= 11 is 0.